The number of halogens is 6. The van der Waals surface area contributed by atoms with E-state index < -0.39 is 29.3 Å². The molecule has 0 aliphatic rings. The molecule has 0 spiro atoms. The minimum atomic E-state index is -4.73. The van der Waals surface area contributed by atoms with E-state index in [1.54, 1.807) is 0 Å². The number of pyridine rings is 1. The van der Waals surface area contributed by atoms with Crippen molar-refractivity contribution in [2.24, 2.45) is 0 Å². The van der Waals surface area contributed by atoms with Crippen LogP contribution in [0.15, 0.2) is 36.5 Å². The Hall–Kier alpha value is -2.25. The summed E-state index contributed by atoms with van der Waals surface area (Å²) < 4.78 is 75.3. The van der Waals surface area contributed by atoms with Crippen LogP contribution in [0.25, 0.3) is 11.1 Å². The van der Waals surface area contributed by atoms with Crippen LogP contribution in [-0.2, 0) is 12.4 Å². The van der Waals surface area contributed by atoms with Gasteiger partial charge in [-0.2, -0.15) is 26.3 Å². The molecular formula is C13H8F6N2. The van der Waals surface area contributed by atoms with Crippen LogP contribution in [0.3, 0.4) is 0 Å². The minimum absolute atomic E-state index is 0.0222. The number of hydrogen-bond acceptors (Lipinski definition) is 2. The molecule has 0 saturated carbocycles. The van der Waals surface area contributed by atoms with Crippen molar-refractivity contribution in [2.45, 2.75) is 12.4 Å². The van der Waals surface area contributed by atoms with Crippen LogP contribution < -0.4 is 5.73 Å². The molecule has 0 saturated heterocycles. The molecule has 21 heavy (non-hydrogen) atoms. The van der Waals surface area contributed by atoms with Gasteiger partial charge in [-0.05, 0) is 23.8 Å². The van der Waals surface area contributed by atoms with Crippen LogP contribution in [0.4, 0.5) is 32.0 Å². The largest absolute Gasteiger partial charge is 0.435 e. The summed E-state index contributed by atoms with van der Waals surface area (Å²) in [5, 5.41) is 0. The molecular weight excluding hydrogens is 298 g/mol. The molecule has 0 unspecified atom stereocenters. The summed E-state index contributed by atoms with van der Waals surface area (Å²) in [7, 11) is 0. The molecule has 0 bridgehead atoms. The van der Waals surface area contributed by atoms with E-state index in [0.29, 0.717) is 0 Å². The number of benzene rings is 1. The van der Waals surface area contributed by atoms with Gasteiger partial charge in [0, 0.05) is 11.8 Å². The molecule has 0 aliphatic carbocycles. The SMILES string of the molecule is Nc1c(-c2ccc(C(F)(F)F)cc2)ccnc1C(F)(F)F. The summed E-state index contributed by atoms with van der Waals surface area (Å²) in [5.41, 5.74) is 2.77. The zero-order chi connectivity index (χ0) is 15.8. The summed E-state index contributed by atoms with van der Waals surface area (Å²) >= 11 is 0. The molecule has 0 aliphatic heterocycles. The first-order valence-corrected chi connectivity index (χ1v) is 5.60. The van der Waals surface area contributed by atoms with E-state index in [9.17, 15) is 26.3 Å². The molecule has 1 aromatic carbocycles. The quantitative estimate of drug-likeness (QED) is 0.795. The van der Waals surface area contributed by atoms with Gasteiger partial charge in [0.15, 0.2) is 5.69 Å². The molecule has 112 valence electrons. The second-order valence-electron chi connectivity index (χ2n) is 4.19. The molecule has 8 heteroatoms. The predicted octanol–water partition coefficient (Wildman–Crippen LogP) is 4.37. The van der Waals surface area contributed by atoms with Crippen molar-refractivity contribution in [3.63, 3.8) is 0 Å². The van der Waals surface area contributed by atoms with E-state index in [4.69, 9.17) is 5.73 Å². The summed E-state index contributed by atoms with van der Waals surface area (Å²) in [6.07, 6.45) is -8.34. The van der Waals surface area contributed by atoms with Gasteiger partial charge in [0.2, 0.25) is 0 Å². The maximum atomic E-state index is 12.7. The van der Waals surface area contributed by atoms with Crippen LogP contribution >= 0.6 is 0 Å². The van der Waals surface area contributed by atoms with Crippen molar-refractivity contribution in [1.29, 1.82) is 0 Å². The van der Waals surface area contributed by atoms with Crippen LogP contribution in [-0.4, -0.2) is 4.98 Å². The van der Waals surface area contributed by atoms with Crippen LogP contribution in [0.5, 0.6) is 0 Å². The molecule has 0 atom stereocenters. The normalized spacial score (nSPS) is 12.5. The number of anilines is 1. The lowest BCUT2D eigenvalue weighted by Gasteiger charge is -2.13. The Bertz CT molecular complexity index is 643. The second kappa shape index (κ2) is 4.94. The van der Waals surface area contributed by atoms with E-state index >= 15 is 0 Å². The van der Waals surface area contributed by atoms with Crippen LogP contribution in [0, 0.1) is 0 Å². The maximum Gasteiger partial charge on any atom is 0.435 e. The minimum Gasteiger partial charge on any atom is -0.396 e. The van der Waals surface area contributed by atoms with Gasteiger partial charge in [-0.25, -0.2) is 4.98 Å². The molecule has 1 aromatic heterocycles. The Labute approximate surface area is 115 Å². The first-order valence-electron chi connectivity index (χ1n) is 5.60. The van der Waals surface area contributed by atoms with E-state index in [-0.39, 0.29) is 11.1 Å². The Morgan fingerprint density at radius 3 is 1.86 bits per heavy atom. The third-order valence-corrected chi connectivity index (χ3v) is 2.78. The first kappa shape index (κ1) is 15.1. The van der Waals surface area contributed by atoms with Crippen molar-refractivity contribution in [3.8, 4) is 11.1 Å². The monoisotopic (exact) mass is 306 g/mol. The van der Waals surface area contributed by atoms with Crippen LogP contribution in [0.2, 0.25) is 0 Å². The lowest BCUT2D eigenvalue weighted by atomic mass is 10.0. The molecule has 2 aromatic rings. The lowest BCUT2D eigenvalue weighted by Crippen LogP contribution is -2.12. The van der Waals surface area contributed by atoms with Crippen molar-refractivity contribution in [3.05, 3.63) is 47.8 Å². The molecule has 0 fully saturated rings. The number of rotatable bonds is 1. The van der Waals surface area contributed by atoms with Crippen molar-refractivity contribution >= 4 is 5.69 Å². The van der Waals surface area contributed by atoms with E-state index in [1.807, 2.05) is 0 Å². The predicted molar refractivity (Wildman–Crippen MR) is 64.1 cm³/mol. The third kappa shape index (κ3) is 3.09. The van der Waals surface area contributed by atoms with Crippen molar-refractivity contribution in [1.82, 2.24) is 4.98 Å². The highest BCUT2D eigenvalue weighted by molar-refractivity contribution is 5.77. The number of nitrogens with zero attached hydrogens (tertiary/aromatic N) is 1. The summed E-state index contributed by atoms with van der Waals surface area (Å²) in [4.78, 5) is 3.16. The summed E-state index contributed by atoms with van der Waals surface area (Å²) in [6, 6.07) is 4.90. The number of aromatic nitrogens is 1. The van der Waals surface area contributed by atoms with E-state index in [0.717, 1.165) is 30.5 Å². The van der Waals surface area contributed by atoms with Gasteiger partial charge in [-0.3, -0.25) is 0 Å². The standard InChI is InChI=1S/C13H8F6N2/c14-12(15,16)8-3-1-7(2-4-8)9-5-6-21-11(10(9)20)13(17,18)19/h1-6H,20H2. The van der Waals surface area contributed by atoms with Gasteiger partial charge in [0.05, 0.1) is 11.3 Å². The van der Waals surface area contributed by atoms with E-state index in [1.165, 1.54) is 6.07 Å². The van der Waals surface area contributed by atoms with Gasteiger partial charge in [-0.1, -0.05) is 12.1 Å². The first-order chi connectivity index (χ1) is 9.60. The molecule has 0 amide bonds. The number of nitrogen functional groups attached to an aromatic ring is 1. The highest BCUT2D eigenvalue weighted by Gasteiger charge is 2.36. The molecule has 2 N–H and O–H groups in total. The second-order valence-corrected chi connectivity index (χ2v) is 4.19. The third-order valence-electron chi connectivity index (χ3n) is 2.78. The fourth-order valence-corrected chi connectivity index (χ4v) is 1.79. The summed E-state index contributed by atoms with van der Waals surface area (Å²) in [6.45, 7) is 0. The lowest BCUT2D eigenvalue weighted by molar-refractivity contribution is -0.140. The zero-order valence-corrected chi connectivity index (χ0v) is 10.3. The van der Waals surface area contributed by atoms with Gasteiger partial charge in [-0.15, -0.1) is 0 Å². The zero-order valence-electron chi connectivity index (χ0n) is 10.3. The molecule has 1 heterocycles. The van der Waals surface area contributed by atoms with E-state index in [2.05, 4.69) is 4.98 Å². The van der Waals surface area contributed by atoms with Crippen molar-refractivity contribution < 1.29 is 26.3 Å². The Morgan fingerprint density at radius 1 is 0.810 bits per heavy atom. The topological polar surface area (TPSA) is 38.9 Å². The Kier molecular flexibility index (Phi) is 3.56. The molecule has 2 nitrogen and oxygen atoms in total. The highest BCUT2D eigenvalue weighted by atomic mass is 19.4. The van der Waals surface area contributed by atoms with Gasteiger partial charge in [0.1, 0.15) is 0 Å². The summed E-state index contributed by atoms with van der Waals surface area (Å²) in [5.74, 6) is 0. The van der Waals surface area contributed by atoms with Gasteiger partial charge in [0.25, 0.3) is 0 Å². The van der Waals surface area contributed by atoms with Gasteiger partial charge >= 0.3 is 12.4 Å². The Morgan fingerprint density at radius 2 is 1.38 bits per heavy atom. The van der Waals surface area contributed by atoms with Gasteiger partial charge < -0.3 is 5.73 Å². The van der Waals surface area contributed by atoms with Crippen LogP contribution in [0.1, 0.15) is 11.3 Å². The molecule has 0 radical (unpaired) electrons. The van der Waals surface area contributed by atoms with Crippen molar-refractivity contribution in [2.75, 3.05) is 5.73 Å². The average molecular weight is 306 g/mol. The number of alkyl halides is 6. The molecule has 2 rings (SSSR count). The Balaban J connectivity index is 2.48. The number of nitrogens with two attached hydrogens (primary N) is 1. The highest BCUT2D eigenvalue weighted by Crippen LogP contribution is 2.37. The fraction of sp³-hybridized carbons (Fsp3) is 0.154. The maximum absolute atomic E-state index is 12.7. The average Bonchev–Trinajstić information content (AvgIpc) is 2.37. The smallest absolute Gasteiger partial charge is 0.396 e. The number of hydrogen-bond donors (Lipinski definition) is 1. The fourth-order valence-electron chi connectivity index (χ4n) is 1.79.